The molecule has 2 aromatic rings. The SMILES string of the molecule is CSc1ccsc1C(=O)NCc1ccc2c(c1)CNC2. The normalized spacial score (nSPS) is 13.2. The molecule has 0 atom stereocenters. The van der Waals surface area contributed by atoms with Crippen molar-refractivity contribution in [1.82, 2.24) is 10.6 Å². The van der Waals surface area contributed by atoms with Gasteiger partial charge in [0.15, 0.2) is 0 Å². The third kappa shape index (κ3) is 2.75. The summed E-state index contributed by atoms with van der Waals surface area (Å²) in [5.74, 6) is 0.0166. The van der Waals surface area contributed by atoms with E-state index in [1.165, 1.54) is 22.5 Å². The lowest BCUT2D eigenvalue weighted by Crippen LogP contribution is -2.22. The van der Waals surface area contributed by atoms with Crippen molar-refractivity contribution in [3.05, 3.63) is 51.2 Å². The van der Waals surface area contributed by atoms with E-state index in [4.69, 9.17) is 0 Å². The molecule has 104 valence electrons. The van der Waals surface area contributed by atoms with Gasteiger partial charge in [0.2, 0.25) is 0 Å². The van der Waals surface area contributed by atoms with E-state index in [9.17, 15) is 4.79 Å². The molecule has 0 unspecified atom stereocenters. The molecule has 0 saturated carbocycles. The highest BCUT2D eigenvalue weighted by atomic mass is 32.2. The Bertz CT molecular complexity index is 637. The predicted octanol–water partition coefficient (Wildman–Crippen LogP) is 3.00. The van der Waals surface area contributed by atoms with Crippen LogP contribution in [0.15, 0.2) is 34.5 Å². The molecule has 0 saturated heterocycles. The number of hydrogen-bond donors (Lipinski definition) is 2. The molecular weight excluding hydrogens is 288 g/mol. The summed E-state index contributed by atoms with van der Waals surface area (Å²) in [4.78, 5) is 14.0. The minimum absolute atomic E-state index is 0.0166. The Hall–Kier alpha value is -1.30. The zero-order chi connectivity index (χ0) is 13.9. The van der Waals surface area contributed by atoms with Gasteiger partial charge < -0.3 is 10.6 Å². The Morgan fingerprint density at radius 1 is 1.35 bits per heavy atom. The zero-order valence-electron chi connectivity index (χ0n) is 11.2. The van der Waals surface area contributed by atoms with Crippen molar-refractivity contribution in [2.75, 3.05) is 6.26 Å². The van der Waals surface area contributed by atoms with E-state index in [-0.39, 0.29) is 5.91 Å². The van der Waals surface area contributed by atoms with Crippen LogP contribution >= 0.6 is 23.1 Å². The molecule has 0 aliphatic carbocycles. The zero-order valence-corrected chi connectivity index (χ0v) is 12.9. The van der Waals surface area contributed by atoms with Crippen LogP contribution in [0.1, 0.15) is 26.4 Å². The summed E-state index contributed by atoms with van der Waals surface area (Å²) >= 11 is 3.10. The number of hydrogen-bond acceptors (Lipinski definition) is 4. The van der Waals surface area contributed by atoms with E-state index in [0.29, 0.717) is 6.54 Å². The minimum atomic E-state index is 0.0166. The van der Waals surface area contributed by atoms with Crippen molar-refractivity contribution in [3.63, 3.8) is 0 Å². The molecule has 0 spiro atoms. The number of benzene rings is 1. The third-order valence-electron chi connectivity index (χ3n) is 3.41. The van der Waals surface area contributed by atoms with Crippen LogP contribution in [0, 0.1) is 0 Å². The van der Waals surface area contributed by atoms with Crippen LogP contribution < -0.4 is 10.6 Å². The fraction of sp³-hybridized carbons (Fsp3) is 0.267. The second-order valence-corrected chi connectivity index (χ2v) is 6.47. The van der Waals surface area contributed by atoms with Gasteiger partial charge >= 0.3 is 0 Å². The number of amides is 1. The lowest BCUT2D eigenvalue weighted by Gasteiger charge is -2.07. The molecule has 0 fully saturated rings. The number of rotatable bonds is 4. The monoisotopic (exact) mass is 304 g/mol. The van der Waals surface area contributed by atoms with Gasteiger partial charge in [-0.3, -0.25) is 4.79 Å². The number of carbonyl (C=O) groups excluding carboxylic acids is 1. The Balaban J connectivity index is 1.66. The van der Waals surface area contributed by atoms with E-state index in [0.717, 1.165) is 28.4 Å². The maximum atomic E-state index is 12.2. The number of fused-ring (bicyclic) bond motifs is 1. The number of carbonyl (C=O) groups is 1. The van der Waals surface area contributed by atoms with Gasteiger partial charge in [0.1, 0.15) is 4.88 Å². The van der Waals surface area contributed by atoms with Crippen LogP contribution in [0.4, 0.5) is 0 Å². The van der Waals surface area contributed by atoms with E-state index in [1.807, 2.05) is 17.7 Å². The molecule has 0 radical (unpaired) electrons. The van der Waals surface area contributed by atoms with E-state index >= 15 is 0 Å². The molecule has 2 N–H and O–H groups in total. The molecule has 1 aliphatic heterocycles. The summed E-state index contributed by atoms with van der Waals surface area (Å²) in [6.45, 7) is 2.46. The molecule has 1 amide bonds. The van der Waals surface area contributed by atoms with Crippen LogP contribution in [0.3, 0.4) is 0 Å². The fourth-order valence-electron chi connectivity index (χ4n) is 2.34. The first-order valence-electron chi connectivity index (χ1n) is 6.49. The Morgan fingerprint density at radius 3 is 3.05 bits per heavy atom. The van der Waals surface area contributed by atoms with E-state index in [2.05, 4.69) is 28.8 Å². The lowest BCUT2D eigenvalue weighted by atomic mass is 10.1. The first-order chi connectivity index (χ1) is 9.78. The van der Waals surface area contributed by atoms with Crippen molar-refractivity contribution in [1.29, 1.82) is 0 Å². The smallest absolute Gasteiger partial charge is 0.262 e. The van der Waals surface area contributed by atoms with Gasteiger partial charge in [-0.15, -0.1) is 23.1 Å². The number of thiophene rings is 1. The van der Waals surface area contributed by atoms with Gasteiger partial charge in [0, 0.05) is 24.5 Å². The summed E-state index contributed by atoms with van der Waals surface area (Å²) < 4.78 is 0. The lowest BCUT2D eigenvalue weighted by molar-refractivity contribution is 0.0952. The Labute approximate surface area is 126 Å². The third-order valence-corrected chi connectivity index (χ3v) is 5.23. The molecule has 1 aromatic carbocycles. The second-order valence-electron chi connectivity index (χ2n) is 4.71. The molecule has 3 rings (SSSR count). The minimum Gasteiger partial charge on any atom is -0.347 e. The van der Waals surface area contributed by atoms with Crippen LogP contribution in [-0.2, 0) is 19.6 Å². The predicted molar refractivity (Wildman–Crippen MR) is 84.3 cm³/mol. The fourth-order valence-corrected chi connectivity index (χ4v) is 4.01. The Morgan fingerprint density at radius 2 is 2.20 bits per heavy atom. The highest BCUT2D eigenvalue weighted by Gasteiger charge is 2.13. The van der Waals surface area contributed by atoms with Crippen LogP contribution in [-0.4, -0.2) is 12.2 Å². The Kier molecular flexibility index (Phi) is 4.10. The second kappa shape index (κ2) is 5.99. The molecule has 1 aliphatic rings. The van der Waals surface area contributed by atoms with Crippen molar-refractivity contribution in [3.8, 4) is 0 Å². The molecule has 5 heteroatoms. The van der Waals surface area contributed by atoms with E-state index in [1.54, 1.807) is 11.8 Å². The molecular formula is C15H16N2OS2. The van der Waals surface area contributed by atoms with Crippen LogP contribution in [0.5, 0.6) is 0 Å². The summed E-state index contributed by atoms with van der Waals surface area (Å²) in [5.41, 5.74) is 3.86. The summed E-state index contributed by atoms with van der Waals surface area (Å²) in [5, 5.41) is 8.29. The summed E-state index contributed by atoms with van der Waals surface area (Å²) in [7, 11) is 0. The van der Waals surface area contributed by atoms with Crippen molar-refractivity contribution >= 4 is 29.0 Å². The molecule has 1 aromatic heterocycles. The average Bonchev–Trinajstić information content (AvgIpc) is 3.12. The van der Waals surface area contributed by atoms with Gasteiger partial charge in [-0.25, -0.2) is 0 Å². The maximum absolute atomic E-state index is 12.2. The van der Waals surface area contributed by atoms with Crippen molar-refractivity contribution < 1.29 is 4.79 Å². The van der Waals surface area contributed by atoms with Crippen molar-refractivity contribution in [2.45, 2.75) is 24.5 Å². The molecule has 20 heavy (non-hydrogen) atoms. The van der Waals surface area contributed by atoms with Gasteiger partial charge in [0.05, 0.1) is 0 Å². The number of thioether (sulfide) groups is 1. The average molecular weight is 304 g/mol. The van der Waals surface area contributed by atoms with Crippen LogP contribution in [0.25, 0.3) is 0 Å². The topological polar surface area (TPSA) is 41.1 Å². The first-order valence-corrected chi connectivity index (χ1v) is 8.59. The number of nitrogens with one attached hydrogen (secondary N) is 2. The highest BCUT2D eigenvalue weighted by molar-refractivity contribution is 7.98. The highest BCUT2D eigenvalue weighted by Crippen LogP contribution is 2.25. The quantitative estimate of drug-likeness (QED) is 0.853. The van der Waals surface area contributed by atoms with E-state index < -0.39 is 0 Å². The molecule has 0 bridgehead atoms. The summed E-state index contributed by atoms with van der Waals surface area (Å²) in [6, 6.07) is 8.41. The van der Waals surface area contributed by atoms with Gasteiger partial charge in [-0.1, -0.05) is 18.2 Å². The van der Waals surface area contributed by atoms with Crippen molar-refractivity contribution in [2.24, 2.45) is 0 Å². The van der Waals surface area contributed by atoms with Gasteiger partial charge in [-0.05, 0) is 34.4 Å². The molecule has 2 heterocycles. The van der Waals surface area contributed by atoms with Gasteiger partial charge in [0.25, 0.3) is 5.91 Å². The standard InChI is InChI=1S/C15H16N2OS2/c1-19-13-4-5-20-14(13)15(18)17-7-10-2-3-11-8-16-9-12(11)6-10/h2-6,16H,7-9H2,1H3,(H,17,18). The summed E-state index contributed by atoms with van der Waals surface area (Å²) in [6.07, 6.45) is 1.99. The largest absolute Gasteiger partial charge is 0.347 e. The molecule has 3 nitrogen and oxygen atoms in total. The van der Waals surface area contributed by atoms with Crippen LogP contribution in [0.2, 0.25) is 0 Å². The first kappa shape index (κ1) is 13.7. The maximum Gasteiger partial charge on any atom is 0.262 e. The van der Waals surface area contributed by atoms with Gasteiger partial charge in [-0.2, -0.15) is 0 Å².